The third kappa shape index (κ3) is 4.95. The number of nitriles is 1. The van der Waals surface area contributed by atoms with Crippen molar-refractivity contribution in [2.45, 2.75) is 63.4 Å². The molecule has 2 fully saturated rings. The van der Waals surface area contributed by atoms with Crippen LogP contribution >= 0.6 is 34.4 Å². The molecular formula is C27H29FIN7O2S. The van der Waals surface area contributed by atoms with Crippen LogP contribution in [0, 0.1) is 27.6 Å². The van der Waals surface area contributed by atoms with Gasteiger partial charge in [0.25, 0.3) is 0 Å². The Morgan fingerprint density at radius 3 is 2.54 bits per heavy atom. The molecule has 1 aromatic carbocycles. The number of ether oxygens (including phenoxy) is 1. The highest BCUT2D eigenvalue weighted by Gasteiger charge is 2.45. The van der Waals surface area contributed by atoms with E-state index in [0.717, 1.165) is 18.4 Å². The molecule has 2 saturated heterocycles. The number of carbonyl (C=O) groups excluding carboxylic acids is 1. The monoisotopic (exact) mass is 661 g/mol. The van der Waals surface area contributed by atoms with Crippen molar-refractivity contribution in [3.05, 3.63) is 32.8 Å². The summed E-state index contributed by atoms with van der Waals surface area (Å²) in [7, 11) is 0. The molecule has 204 valence electrons. The number of thioether (sulfide) groups is 1. The fraction of sp³-hybridized carbons (Fsp3) is 0.444. The number of carbonyl (C=O) groups is 1. The molecule has 2 N–H and O–H groups in total. The summed E-state index contributed by atoms with van der Waals surface area (Å²) in [6.45, 7) is 8.54. The Labute approximate surface area is 244 Å². The molecule has 3 aromatic rings. The molecule has 0 spiro atoms. The highest BCUT2D eigenvalue weighted by Crippen LogP contribution is 2.40. The van der Waals surface area contributed by atoms with Gasteiger partial charge >= 0.3 is 6.09 Å². The predicted molar refractivity (Wildman–Crippen MR) is 158 cm³/mol. The summed E-state index contributed by atoms with van der Waals surface area (Å²) in [6, 6.07) is 3.75. The Morgan fingerprint density at radius 2 is 1.95 bits per heavy atom. The number of anilines is 2. The summed E-state index contributed by atoms with van der Waals surface area (Å²) in [4.78, 5) is 30.6. The van der Waals surface area contributed by atoms with Crippen LogP contribution < -0.4 is 10.6 Å². The molecule has 12 heteroatoms. The van der Waals surface area contributed by atoms with Crippen molar-refractivity contribution < 1.29 is 13.9 Å². The Bertz CT molecular complexity index is 1520. The molecule has 2 bridgehead atoms. The molecule has 0 unspecified atom stereocenters. The normalized spacial score (nSPS) is 18.9. The SMILES string of the molecule is CSc1nc(N2C[C@H]3CC[C@@H](C2)N3C(=O)OC(C)(C)C)c2cnc(-c3c(I)c(C)cc(N)c3C#N)c(F)c2n1. The number of aryl methyl sites for hydroxylation is 1. The van der Waals surface area contributed by atoms with Gasteiger partial charge in [-0.2, -0.15) is 5.26 Å². The summed E-state index contributed by atoms with van der Waals surface area (Å²) < 4.78 is 22.6. The number of nitrogens with zero attached hydrogens (tertiary/aromatic N) is 6. The number of nitrogens with two attached hydrogens (primary N) is 1. The third-order valence-corrected chi connectivity index (χ3v) is 8.98. The standard InChI is InChI=1S/C27H29FIN7O2S/c1-13-8-18(31)16(9-30)19(21(13)29)23-20(28)22-17(10-32-23)24(34-25(33-22)39-5)35-11-14-6-7-15(12-35)36(14)26(37)38-27(2,3)4/h8,10,14-15H,6-7,11-12,31H2,1-5H3/t14-,15+. The van der Waals surface area contributed by atoms with E-state index in [9.17, 15) is 10.1 Å². The highest BCUT2D eigenvalue weighted by atomic mass is 127. The fourth-order valence-corrected chi connectivity index (χ4v) is 6.42. The van der Waals surface area contributed by atoms with Crippen LogP contribution in [0.4, 0.5) is 20.7 Å². The predicted octanol–water partition coefficient (Wildman–Crippen LogP) is 5.51. The van der Waals surface area contributed by atoms with E-state index in [2.05, 4.69) is 43.5 Å². The topological polar surface area (TPSA) is 121 Å². The summed E-state index contributed by atoms with van der Waals surface area (Å²) in [5.41, 5.74) is 7.37. The molecule has 2 aliphatic heterocycles. The van der Waals surface area contributed by atoms with E-state index in [1.165, 1.54) is 11.8 Å². The first-order valence-electron chi connectivity index (χ1n) is 12.6. The number of hydrogen-bond donors (Lipinski definition) is 1. The van der Waals surface area contributed by atoms with Crippen LogP contribution in [-0.4, -0.2) is 63.0 Å². The molecule has 1 amide bonds. The second-order valence-corrected chi connectivity index (χ2v) is 12.7. The Balaban J connectivity index is 1.58. The van der Waals surface area contributed by atoms with Crippen LogP contribution in [0.1, 0.15) is 44.7 Å². The van der Waals surface area contributed by atoms with Crippen LogP contribution in [0.2, 0.25) is 0 Å². The van der Waals surface area contributed by atoms with E-state index in [-0.39, 0.29) is 40.6 Å². The number of pyridine rings is 1. The van der Waals surface area contributed by atoms with E-state index in [4.69, 9.17) is 15.5 Å². The molecule has 0 saturated carbocycles. The second kappa shape index (κ2) is 10.2. The molecule has 5 rings (SSSR count). The number of amides is 1. The lowest BCUT2D eigenvalue weighted by Gasteiger charge is -2.42. The second-order valence-electron chi connectivity index (χ2n) is 10.9. The lowest BCUT2D eigenvalue weighted by atomic mass is 9.99. The van der Waals surface area contributed by atoms with Gasteiger partial charge in [-0.25, -0.2) is 19.2 Å². The number of halogens is 2. The van der Waals surface area contributed by atoms with Crippen molar-refractivity contribution in [1.29, 1.82) is 5.26 Å². The van der Waals surface area contributed by atoms with Crippen LogP contribution in [-0.2, 0) is 4.74 Å². The maximum absolute atomic E-state index is 16.3. The van der Waals surface area contributed by atoms with Gasteiger partial charge in [0.15, 0.2) is 11.0 Å². The number of nitrogen functional groups attached to an aromatic ring is 1. The Morgan fingerprint density at radius 1 is 1.28 bits per heavy atom. The number of hydrogen-bond acceptors (Lipinski definition) is 9. The summed E-state index contributed by atoms with van der Waals surface area (Å²) >= 11 is 3.42. The summed E-state index contributed by atoms with van der Waals surface area (Å²) in [5.74, 6) is -0.0387. The van der Waals surface area contributed by atoms with E-state index in [1.54, 1.807) is 12.3 Å². The maximum atomic E-state index is 16.3. The van der Waals surface area contributed by atoms with Crippen LogP contribution in [0.25, 0.3) is 22.2 Å². The average Bonchev–Trinajstić information content (AvgIpc) is 3.15. The quantitative estimate of drug-likeness (QED) is 0.168. The molecule has 2 atom stereocenters. The molecule has 0 aliphatic carbocycles. The minimum absolute atomic E-state index is 0.0327. The lowest BCUT2D eigenvalue weighted by Crippen LogP contribution is -2.57. The minimum Gasteiger partial charge on any atom is -0.444 e. The zero-order chi connectivity index (χ0) is 28.2. The zero-order valence-corrected chi connectivity index (χ0v) is 25.4. The molecule has 2 aliphatic rings. The Kier molecular flexibility index (Phi) is 7.26. The van der Waals surface area contributed by atoms with Crippen molar-refractivity contribution >= 4 is 62.9 Å². The number of fused-ring (bicyclic) bond motifs is 3. The largest absolute Gasteiger partial charge is 0.444 e. The molecule has 39 heavy (non-hydrogen) atoms. The van der Waals surface area contributed by atoms with Crippen LogP contribution in [0.5, 0.6) is 0 Å². The smallest absolute Gasteiger partial charge is 0.410 e. The molecule has 2 aromatic heterocycles. The third-order valence-electron chi connectivity index (χ3n) is 7.04. The van der Waals surface area contributed by atoms with Gasteiger partial charge < -0.3 is 15.4 Å². The first-order chi connectivity index (χ1) is 18.4. The summed E-state index contributed by atoms with van der Waals surface area (Å²) in [6.07, 6.45) is 4.84. The van der Waals surface area contributed by atoms with Crippen molar-refractivity contribution in [1.82, 2.24) is 19.9 Å². The lowest BCUT2D eigenvalue weighted by molar-refractivity contribution is 0.0123. The average molecular weight is 662 g/mol. The number of benzene rings is 1. The van der Waals surface area contributed by atoms with Gasteiger partial charge in [-0.1, -0.05) is 11.8 Å². The van der Waals surface area contributed by atoms with E-state index < -0.39 is 11.4 Å². The molecule has 4 heterocycles. The molecular weight excluding hydrogens is 632 g/mol. The number of aromatic nitrogens is 3. The van der Waals surface area contributed by atoms with Crippen molar-refractivity contribution in [3.63, 3.8) is 0 Å². The zero-order valence-electron chi connectivity index (χ0n) is 22.4. The number of piperazine rings is 1. The summed E-state index contributed by atoms with van der Waals surface area (Å²) in [5, 5.41) is 10.7. The van der Waals surface area contributed by atoms with Crippen molar-refractivity contribution in [3.8, 4) is 17.3 Å². The van der Waals surface area contributed by atoms with Gasteiger partial charge in [0.1, 0.15) is 28.7 Å². The highest BCUT2D eigenvalue weighted by molar-refractivity contribution is 14.1. The van der Waals surface area contributed by atoms with E-state index >= 15 is 4.39 Å². The Hall–Kier alpha value is -2.92. The van der Waals surface area contributed by atoms with Gasteiger partial charge in [0.2, 0.25) is 0 Å². The number of rotatable bonds is 3. The first kappa shape index (κ1) is 27.6. The van der Waals surface area contributed by atoms with E-state index in [0.29, 0.717) is 38.6 Å². The van der Waals surface area contributed by atoms with Crippen LogP contribution in [0.15, 0.2) is 17.4 Å². The minimum atomic E-state index is -0.624. The maximum Gasteiger partial charge on any atom is 0.410 e. The van der Waals surface area contributed by atoms with Crippen molar-refractivity contribution in [2.75, 3.05) is 30.0 Å². The van der Waals surface area contributed by atoms with Gasteiger partial charge in [-0.3, -0.25) is 9.88 Å². The van der Waals surface area contributed by atoms with Crippen molar-refractivity contribution in [2.24, 2.45) is 0 Å². The van der Waals surface area contributed by atoms with Gasteiger partial charge in [-0.15, -0.1) is 0 Å². The fourth-order valence-electron chi connectivity index (χ4n) is 5.38. The van der Waals surface area contributed by atoms with Gasteiger partial charge in [-0.05, 0) is 81.0 Å². The van der Waals surface area contributed by atoms with E-state index in [1.807, 2.05) is 38.9 Å². The molecule has 9 nitrogen and oxygen atoms in total. The van der Waals surface area contributed by atoms with Gasteiger partial charge in [0.05, 0.1) is 28.7 Å². The van der Waals surface area contributed by atoms with Gasteiger partial charge in [0, 0.05) is 28.4 Å². The molecule has 0 radical (unpaired) electrons. The first-order valence-corrected chi connectivity index (χ1v) is 14.9. The van der Waals surface area contributed by atoms with Crippen LogP contribution in [0.3, 0.4) is 0 Å².